The maximum Gasteiger partial charge on any atom is 0.311 e. The van der Waals surface area contributed by atoms with Crippen molar-refractivity contribution in [2.45, 2.75) is 25.7 Å². The topological polar surface area (TPSA) is 66.8 Å². The summed E-state index contributed by atoms with van der Waals surface area (Å²) in [6, 6.07) is 4.44. The molecule has 1 heterocycles. The lowest BCUT2D eigenvalue weighted by Gasteiger charge is -2.23. The summed E-state index contributed by atoms with van der Waals surface area (Å²) in [5, 5.41) is 9.56. The molecule has 1 aliphatic carbocycles. The zero-order chi connectivity index (χ0) is 16.6. The number of fused-ring (bicyclic) bond motifs is 1. The molecule has 23 heavy (non-hydrogen) atoms. The van der Waals surface area contributed by atoms with Crippen molar-refractivity contribution >= 4 is 11.9 Å². The van der Waals surface area contributed by atoms with E-state index in [-0.39, 0.29) is 30.5 Å². The number of ether oxygens (including phenoxy) is 1. The quantitative estimate of drug-likeness (QED) is 0.922. The summed E-state index contributed by atoms with van der Waals surface area (Å²) in [4.78, 5) is 25.7. The van der Waals surface area contributed by atoms with Gasteiger partial charge in [-0.1, -0.05) is 12.5 Å². The number of rotatable bonds is 4. The molecule has 0 radical (unpaired) electrons. The van der Waals surface area contributed by atoms with Crippen LogP contribution < -0.4 is 4.74 Å². The van der Waals surface area contributed by atoms with Crippen molar-refractivity contribution in [3.05, 3.63) is 29.6 Å². The summed E-state index contributed by atoms with van der Waals surface area (Å²) in [7, 11) is 1.39. The van der Waals surface area contributed by atoms with Crippen LogP contribution >= 0.6 is 0 Å². The first kappa shape index (κ1) is 15.8. The molecule has 2 fully saturated rings. The zero-order valence-corrected chi connectivity index (χ0v) is 13.0. The number of amides is 1. The lowest BCUT2D eigenvalue weighted by Crippen LogP contribution is -2.37. The van der Waals surface area contributed by atoms with Crippen LogP contribution in [-0.2, 0) is 16.0 Å². The number of carboxylic acid groups (broad SMARTS) is 1. The second kappa shape index (κ2) is 5.83. The van der Waals surface area contributed by atoms with Crippen molar-refractivity contribution < 1.29 is 23.8 Å². The van der Waals surface area contributed by atoms with E-state index in [4.69, 9.17) is 4.74 Å². The molecular weight excluding hydrogens is 301 g/mol. The molecule has 1 saturated heterocycles. The minimum absolute atomic E-state index is 0.0385. The predicted molar refractivity (Wildman–Crippen MR) is 80.6 cm³/mol. The summed E-state index contributed by atoms with van der Waals surface area (Å²) < 4.78 is 18.6. The van der Waals surface area contributed by atoms with E-state index in [9.17, 15) is 19.1 Å². The van der Waals surface area contributed by atoms with Gasteiger partial charge in [0.1, 0.15) is 0 Å². The van der Waals surface area contributed by atoms with E-state index in [0.717, 1.165) is 12.8 Å². The third kappa shape index (κ3) is 2.66. The summed E-state index contributed by atoms with van der Waals surface area (Å²) in [6.07, 6.45) is 2.47. The number of carbonyl (C=O) groups is 2. The number of carbonyl (C=O) groups excluding carboxylic acids is 1. The molecule has 2 atom stereocenters. The summed E-state index contributed by atoms with van der Waals surface area (Å²) in [5.41, 5.74) is -0.212. The first-order valence-corrected chi connectivity index (χ1v) is 7.80. The number of carboxylic acids is 1. The summed E-state index contributed by atoms with van der Waals surface area (Å²) >= 11 is 0. The van der Waals surface area contributed by atoms with Crippen molar-refractivity contribution in [2.24, 2.45) is 11.3 Å². The predicted octanol–water partition coefficient (Wildman–Crippen LogP) is 2.09. The van der Waals surface area contributed by atoms with Crippen LogP contribution in [0.2, 0.25) is 0 Å². The molecule has 1 aromatic carbocycles. The fraction of sp³-hybridized carbons (Fsp3) is 0.529. The Bertz CT molecular complexity index is 647. The molecular formula is C17H20FNO4. The van der Waals surface area contributed by atoms with Crippen LogP contribution in [0, 0.1) is 17.2 Å². The van der Waals surface area contributed by atoms with Gasteiger partial charge in [-0.3, -0.25) is 9.59 Å². The standard InChI is InChI=1S/C17H20FNO4/c1-23-14-5-4-11(7-13(14)18)8-15(20)19-9-12-3-2-6-17(12,10-19)16(21)22/h4-5,7,12H,2-3,6,8-10H2,1H3,(H,21,22)/t12-,17+/m0/s1. The largest absolute Gasteiger partial charge is 0.494 e. The highest BCUT2D eigenvalue weighted by molar-refractivity contribution is 5.82. The van der Waals surface area contributed by atoms with Crippen molar-refractivity contribution in [2.75, 3.05) is 20.2 Å². The monoisotopic (exact) mass is 321 g/mol. The number of aliphatic carboxylic acids is 1. The van der Waals surface area contributed by atoms with Gasteiger partial charge in [-0.2, -0.15) is 0 Å². The van der Waals surface area contributed by atoms with Crippen LogP contribution in [0.3, 0.4) is 0 Å². The Morgan fingerprint density at radius 2 is 2.26 bits per heavy atom. The Balaban J connectivity index is 1.70. The summed E-state index contributed by atoms with van der Waals surface area (Å²) in [5.74, 6) is -1.27. The molecule has 1 aromatic rings. The molecule has 1 amide bonds. The molecule has 0 aromatic heterocycles. The average Bonchev–Trinajstić information content (AvgIpc) is 3.05. The van der Waals surface area contributed by atoms with Gasteiger partial charge in [0.15, 0.2) is 11.6 Å². The second-order valence-electron chi connectivity index (χ2n) is 6.47. The highest BCUT2D eigenvalue weighted by atomic mass is 19.1. The first-order chi connectivity index (χ1) is 11.0. The van der Waals surface area contributed by atoms with Crippen molar-refractivity contribution in [3.63, 3.8) is 0 Å². The van der Waals surface area contributed by atoms with Gasteiger partial charge in [-0.15, -0.1) is 0 Å². The van der Waals surface area contributed by atoms with Gasteiger partial charge in [0.25, 0.3) is 0 Å². The number of benzene rings is 1. The lowest BCUT2D eigenvalue weighted by molar-refractivity contribution is -0.149. The minimum atomic E-state index is -0.800. The summed E-state index contributed by atoms with van der Waals surface area (Å²) in [6.45, 7) is 0.758. The van der Waals surface area contributed by atoms with Crippen LogP contribution in [0.1, 0.15) is 24.8 Å². The van der Waals surface area contributed by atoms with E-state index in [2.05, 4.69) is 0 Å². The van der Waals surface area contributed by atoms with Crippen LogP contribution in [0.25, 0.3) is 0 Å². The number of hydrogen-bond donors (Lipinski definition) is 1. The molecule has 3 rings (SSSR count). The van der Waals surface area contributed by atoms with E-state index in [1.54, 1.807) is 11.0 Å². The maximum absolute atomic E-state index is 13.7. The Morgan fingerprint density at radius 3 is 2.87 bits per heavy atom. The number of halogens is 1. The van der Waals surface area contributed by atoms with Gasteiger partial charge in [-0.05, 0) is 36.5 Å². The van der Waals surface area contributed by atoms with Crippen LogP contribution in [0.4, 0.5) is 4.39 Å². The van der Waals surface area contributed by atoms with Gasteiger partial charge in [0.2, 0.25) is 5.91 Å². The van der Waals surface area contributed by atoms with Gasteiger partial charge < -0.3 is 14.7 Å². The van der Waals surface area contributed by atoms with Crippen molar-refractivity contribution in [1.29, 1.82) is 0 Å². The van der Waals surface area contributed by atoms with E-state index < -0.39 is 17.2 Å². The fourth-order valence-corrected chi connectivity index (χ4v) is 3.94. The first-order valence-electron chi connectivity index (χ1n) is 7.80. The average molecular weight is 321 g/mol. The molecule has 0 bridgehead atoms. The highest BCUT2D eigenvalue weighted by Crippen LogP contribution is 2.48. The molecule has 1 N–H and O–H groups in total. The molecule has 6 heteroatoms. The number of methoxy groups -OCH3 is 1. The van der Waals surface area contributed by atoms with E-state index >= 15 is 0 Å². The van der Waals surface area contributed by atoms with E-state index in [1.807, 2.05) is 0 Å². The Hall–Kier alpha value is -2.11. The van der Waals surface area contributed by atoms with Crippen LogP contribution in [-0.4, -0.2) is 42.1 Å². The Kier molecular flexibility index (Phi) is 4.00. The van der Waals surface area contributed by atoms with Crippen molar-refractivity contribution in [3.8, 4) is 5.75 Å². The number of hydrogen-bond acceptors (Lipinski definition) is 3. The second-order valence-corrected chi connectivity index (χ2v) is 6.47. The minimum Gasteiger partial charge on any atom is -0.494 e. The van der Waals surface area contributed by atoms with Crippen LogP contribution in [0.5, 0.6) is 5.75 Å². The molecule has 2 aliphatic rings. The molecule has 124 valence electrons. The molecule has 0 spiro atoms. The highest BCUT2D eigenvalue weighted by Gasteiger charge is 2.55. The van der Waals surface area contributed by atoms with Gasteiger partial charge in [-0.25, -0.2) is 4.39 Å². The number of nitrogens with zero attached hydrogens (tertiary/aromatic N) is 1. The Labute approximate surface area is 134 Å². The molecule has 0 unspecified atom stereocenters. The third-order valence-electron chi connectivity index (χ3n) is 5.22. The maximum atomic E-state index is 13.7. The molecule has 1 aliphatic heterocycles. The fourth-order valence-electron chi connectivity index (χ4n) is 3.94. The SMILES string of the molecule is COc1ccc(CC(=O)N2C[C@@H]3CCC[C@@]3(C(=O)O)C2)cc1F. The normalized spacial score (nSPS) is 26.2. The molecule has 5 nitrogen and oxygen atoms in total. The smallest absolute Gasteiger partial charge is 0.311 e. The van der Waals surface area contributed by atoms with Gasteiger partial charge in [0, 0.05) is 13.1 Å². The van der Waals surface area contributed by atoms with Gasteiger partial charge in [0.05, 0.1) is 18.9 Å². The zero-order valence-electron chi connectivity index (χ0n) is 13.0. The Morgan fingerprint density at radius 1 is 1.48 bits per heavy atom. The van der Waals surface area contributed by atoms with Crippen LogP contribution in [0.15, 0.2) is 18.2 Å². The van der Waals surface area contributed by atoms with Crippen molar-refractivity contribution in [1.82, 2.24) is 4.90 Å². The lowest BCUT2D eigenvalue weighted by atomic mass is 9.81. The van der Waals surface area contributed by atoms with E-state index in [0.29, 0.717) is 18.5 Å². The van der Waals surface area contributed by atoms with Gasteiger partial charge >= 0.3 is 5.97 Å². The number of likely N-dealkylation sites (tertiary alicyclic amines) is 1. The third-order valence-corrected chi connectivity index (χ3v) is 5.22. The molecule has 1 saturated carbocycles. The van der Waals surface area contributed by atoms with E-state index in [1.165, 1.54) is 19.2 Å².